The molecule has 0 aliphatic carbocycles. The fraction of sp³-hybridized carbons (Fsp3) is 0.333. The average Bonchev–Trinajstić information content (AvgIpc) is 1.21. The number of hydrogen-bond acceptors (Lipinski definition) is 2. The van der Waals surface area contributed by atoms with Crippen LogP contribution in [0.1, 0.15) is 0 Å². The topological polar surface area (TPSA) is 34.1 Å². The minimum Gasteiger partial charge on any atom is -0.224 e. The molecular formula is C3H4F2O2S. The maximum Gasteiger partial charge on any atom is 0.281 e. The van der Waals surface area contributed by atoms with E-state index in [1.54, 1.807) is 0 Å². The van der Waals surface area contributed by atoms with Crippen LogP contribution in [0.2, 0.25) is 0 Å². The van der Waals surface area contributed by atoms with E-state index in [0.717, 1.165) is 0 Å². The van der Waals surface area contributed by atoms with E-state index in [9.17, 15) is 17.2 Å². The van der Waals surface area contributed by atoms with Gasteiger partial charge >= 0.3 is 0 Å². The molecule has 0 fully saturated rings. The quantitative estimate of drug-likeness (QED) is 0.541. The largest absolute Gasteiger partial charge is 0.281 e. The van der Waals surface area contributed by atoms with Crippen molar-refractivity contribution >= 4 is 9.84 Å². The van der Waals surface area contributed by atoms with Crippen molar-refractivity contribution < 1.29 is 17.2 Å². The van der Waals surface area contributed by atoms with Gasteiger partial charge in [0.15, 0.2) is 9.84 Å². The second-order valence-corrected chi connectivity index (χ2v) is 3.13. The van der Waals surface area contributed by atoms with Crippen LogP contribution in [0.4, 0.5) is 8.78 Å². The molecule has 0 N–H and O–H groups in total. The number of rotatable bonds is 1. The molecule has 5 heteroatoms. The van der Waals surface area contributed by atoms with Gasteiger partial charge in [-0.3, -0.25) is 0 Å². The standard InChI is InChI=1S/C3H4F2O2S/c1-8(6,7)2-3(4)5/h2H,1H3. The van der Waals surface area contributed by atoms with Crippen molar-refractivity contribution in [3.05, 3.63) is 11.5 Å². The first kappa shape index (κ1) is 7.55. The molecule has 0 amide bonds. The van der Waals surface area contributed by atoms with Crippen LogP contribution in [-0.4, -0.2) is 14.7 Å². The molecule has 0 unspecified atom stereocenters. The molecule has 0 spiro atoms. The molecule has 0 aliphatic heterocycles. The molecule has 0 aromatic heterocycles. The summed E-state index contributed by atoms with van der Waals surface area (Å²) in [5.74, 6) is 0. The highest BCUT2D eigenvalue weighted by atomic mass is 32.2. The molecule has 0 saturated carbocycles. The highest BCUT2D eigenvalue weighted by Crippen LogP contribution is 1.99. The van der Waals surface area contributed by atoms with Gasteiger partial charge in [0, 0.05) is 6.26 Å². The second-order valence-electron chi connectivity index (χ2n) is 1.24. The minimum absolute atomic E-state index is 0.0903. The summed E-state index contributed by atoms with van der Waals surface area (Å²) >= 11 is 0. The molecule has 0 rings (SSSR count). The minimum atomic E-state index is -3.64. The van der Waals surface area contributed by atoms with Gasteiger partial charge in [-0.25, -0.2) is 8.42 Å². The van der Waals surface area contributed by atoms with Gasteiger partial charge in [0.25, 0.3) is 6.08 Å². The van der Waals surface area contributed by atoms with Crippen LogP contribution in [0, 0.1) is 0 Å². The fourth-order valence-corrected chi connectivity index (χ4v) is 0.485. The van der Waals surface area contributed by atoms with Gasteiger partial charge in [0.2, 0.25) is 0 Å². The molecule has 0 radical (unpaired) electrons. The van der Waals surface area contributed by atoms with Gasteiger partial charge in [-0.1, -0.05) is 0 Å². The van der Waals surface area contributed by atoms with Gasteiger partial charge < -0.3 is 0 Å². The Hall–Kier alpha value is -0.450. The zero-order chi connectivity index (χ0) is 6.78. The third kappa shape index (κ3) is 5.55. The van der Waals surface area contributed by atoms with Crippen molar-refractivity contribution in [1.29, 1.82) is 0 Å². The SMILES string of the molecule is CS(=O)(=O)C=C(F)F. The van der Waals surface area contributed by atoms with Crippen LogP contribution in [0.5, 0.6) is 0 Å². The van der Waals surface area contributed by atoms with E-state index < -0.39 is 15.9 Å². The van der Waals surface area contributed by atoms with Crippen molar-refractivity contribution in [3.63, 3.8) is 0 Å². The Kier molecular flexibility index (Phi) is 2.09. The van der Waals surface area contributed by atoms with E-state index in [2.05, 4.69) is 0 Å². The van der Waals surface area contributed by atoms with E-state index in [1.165, 1.54) is 0 Å². The lowest BCUT2D eigenvalue weighted by Crippen LogP contribution is -1.87. The van der Waals surface area contributed by atoms with Crippen molar-refractivity contribution in [1.82, 2.24) is 0 Å². The van der Waals surface area contributed by atoms with Crippen LogP contribution >= 0.6 is 0 Å². The van der Waals surface area contributed by atoms with Crippen molar-refractivity contribution in [2.75, 3.05) is 6.26 Å². The smallest absolute Gasteiger partial charge is 0.224 e. The molecule has 2 nitrogen and oxygen atoms in total. The van der Waals surface area contributed by atoms with Crippen LogP contribution in [-0.2, 0) is 9.84 Å². The molecule has 8 heavy (non-hydrogen) atoms. The Labute approximate surface area is 45.7 Å². The lowest BCUT2D eigenvalue weighted by molar-refractivity contribution is 0.423. The highest BCUT2D eigenvalue weighted by Gasteiger charge is 1.97. The molecule has 0 heterocycles. The number of sulfone groups is 1. The normalized spacial score (nSPS) is 10.9. The summed E-state index contributed by atoms with van der Waals surface area (Å²) in [5, 5.41) is -0.0903. The predicted octanol–water partition coefficient (Wildman–Crippen LogP) is 0.769. The number of hydrogen-bond donors (Lipinski definition) is 0. The lowest BCUT2D eigenvalue weighted by Gasteiger charge is -1.79. The third-order valence-electron chi connectivity index (χ3n) is 0.303. The fourth-order valence-electron chi connectivity index (χ4n) is 0.162. The summed E-state index contributed by atoms with van der Waals surface area (Å²) in [4.78, 5) is 0. The van der Waals surface area contributed by atoms with Gasteiger partial charge in [-0.2, -0.15) is 8.78 Å². The average molecular weight is 142 g/mol. The van der Waals surface area contributed by atoms with Crippen LogP contribution in [0.25, 0.3) is 0 Å². The maximum absolute atomic E-state index is 11.0. The van der Waals surface area contributed by atoms with Crippen molar-refractivity contribution in [3.8, 4) is 0 Å². The molecule has 0 bridgehead atoms. The highest BCUT2D eigenvalue weighted by molar-refractivity contribution is 7.93. The van der Waals surface area contributed by atoms with Gasteiger partial charge in [0.05, 0.1) is 5.41 Å². The molecule has 0 saturated heterocycles. The number of halogens is 2. The summed E-state index contributed by atoms with van der Waals surface area (Å²) < 4.78 is 41.8. The Morgan fingerprint density at radius 2 is 1.88 bits per heavy atom. The molecule has 0 aromatic rings. The zero-order valence-corrected chi connectivity index (χ0v) is 4.87. The van der Waals surface area contributed by atoms with Crippen LogP contribution in [0.3, 0.4) is 0 Å². The molecular weight excluding hydrogens is 138 g/mol. The monoisotopic (exact) mass is 142 g/mol. The second kappa shape index (κ2) is 2.21. The summed E-state index contributed by atoms with van der Waals surface area (Å²) in [7, 11) is -3.64. The van der Waals surface area contributed by atoms with Gasteiger partial charge in [0.1, 0.15) is 0 Å². The van der Waals surface area contributed by atoms with Crippen LogP contribution in [0.15, 0.2) is 11.5 Å². The van der Waals surface area contributed by atoms with Crippen molar-refractivity contribution in [2.45, 2.75) is 0 Å². The Bertz CT molecular complexity index is 187. The summed E-state index contributed by atoms with van der Waals surface area (Å²) in [6.45, 7) is 0. The maximum atomic E-state index is 11.0. The Balaban J connectivity index is 4.36. The zero-order valence-electron chi connectivity index (χ0n) is 4.06. The summed E-state index contributed by atoms with van der Waals surface area (Å²) in [6, 6.07) is 0. The third-order valence-corrected chi connectivity index (χ3v) is 0.909. The van der Waals surface area contributed by atoms with E-state index >= 15 is 0 Å². The van der Waals surface area contributed by atoms with E-state index in [0.29, 0.717) is 6.26 Å². The molecule has 0 aromatic carbocycles. The van der Waals surface area contributed by atoms with E-state index in [1.807, 2.05) is 0 Å². The van der Waals surface area contributed by atoms with E-state index in [4.69, 9.17) is 0 Å². The Morgan fingerprint density at radius 3 is 1.88 bits per heavy atom. The van der Waals surface area contributed by atoms with Gasteiger partial charge in [-0.15, -0.1) is 0 Å². The molecule has 0 aliphatic rings. The predicted molar refractivity (Wildman–Crippen MR) is 25.1 cm³/mol. The van der Waals surface area contributed by atoms with E-state index in [-0.39, 0.29) is 5.41 Å². The lowest BCUT2D eigenvalue weighted by atomic mass is 11.1. The summed E-state index contributed by atoms with van der Waals surface area (Å²) in [5.41, 5.74) is 0. The van der Waals surface area contributed by atoms with Gasteiger partial charge in [-0.05, 0) is 0 Å². The summed E-state index contributed by atoms with van der Waals surface area (Å²) in [6.07, 6.45) is -1.49. The first-order valence-electron chi connectivity index (χ1n) is 1.64. The Morgan fingerprint density at radius 1 is 1.50 bits per heavy atom. The van der Waals surface area contributed by atoms with Crippen molar-refractivity contribution in [2.24, 2.45) is 0 Å². The first-order valence-corrected chi connectivity index (χ1v) is 3.60. The molecule has 0 atom stereocenters. The molecule has 48 valence electrons. The first-order chi connectivity index (χ1) is 3.42. The van der Waals surface area contributed by atoms with Crippen LogP contribution < -0.4 is 0 Å².